The van der Waals surface area contributed by atoms with Crippen molar-refractivity contribution in [2.75, 3.05) is 26.4 Å². The average Bonchev–Trinajstić information content (AvgIpc) is 3.45. The summed E-state index contributed by atoms with van der Waals surface area (Å²) in [5, 5.41) is 39.3. The normalized spacial score (nSPS) is 23.6. The number of hydrogen-bond donors (Lipinski definition) is 2. The molecule has 398 valence electrons. The fraction of sp³-hybridized carbons (Fsp3) is 0.541. The SMILES string of the molecule is C=CCO[C@@]12Oc3ccc(Oc4cccc([N+](=O)[O-])c4)cc3[C@H]3[C@H](CCCCO)[C@@H](CCCCO)C=C(C(=NOC4CCCCO4)C[C@@H]1N(Cc1cccc4ccccc14)C(=O)CCCCCCCCCCC)[C@H]32. The molecule has 8 rings (SSSR count). The van der Waals surface area contributed by atoms with E-state index in [0.717, 1.165) is 91.7 Å². The van der Waals surface area contributed by atoms with Crippen LogP contribution in [0.5, 0.6) is 17.2 Å². The van der Waals surface area contributed by atoms with Gasteiger partial charge in [-0.15, -0.1) is 6.58 Å². The molecule has 0 spiro atoms. The molecule has 1 unspecified atom stereocenters. The van der Waals surface area contributed by atoms with Crippen LogP contribution in [0.1, 0.15) is 152 Å². The van der Waals surface area contributed by atoms with Crippen molar-refractivity contribution < 1.29 is 43.7 Å². The van der Waals surface area contributed by atoms with Gasteiger partial charge in [0.1, 0.15) is 23.3 Å². The Kier molecular flexibility index (Phi) is 20.1. The van der Waals surface area contributed by atoms with E-state index in [1.54, 1.807) is 18.2 Å². The van der Waals surface area contributed by atoms with Crippen LogP contribution in [0, 0.1) is 27.9 Å². The summed E-state index contributed by atoms with van der Waals surface area (Å²) in [6.07, 6.45) is 21.4. The second-order valence-electron chi connectivity index (χ2n) is 20.8. The van der Waals surface area contributed by atoms with E-state index < -0.39 is 29.0 Å². The second-order valence-corrected chi connectivity index (χ2v) is 20.8. The first-order valence-corrected chi connectivity index (χ1v) is 27.8. The van der Waals surface area contributed by atoms with Crippen molar-refractivity contribution in [1.82, 2.24) is 4.90 Å². The number of non-ortho nitro benzene ring substituents is 1. The number of aliphatic hydroxyl groups is 2. The van der Waals surface area contributed by atoms with Crippen LogP contribution in [0.4, 0.5) is 5.69 Å². The lowest BCUT2D eigenvalue weighted by Crippen LogP contribution is -2.70. The summed E-state index contributed by atoms with van der Waals surface area (Å²) in [7, 11) is 0. The number of allylic oxidation sites excluding steroid dienone is 1. The highest BCUT2D eigenvalue weighted by Gasteiger charge is 2.65. The van der Waals surface area contributed by atoms with Crippen LogP contribution in [-0.2, 0) is 25.7 Å². The molecule has 1 saturated heterocycles. The van der Waals surface area contributed by atoms with Gasteiger partial charge in [0.15, 0.2) is 0 Å². The molecule has 0 radical (unpaired) electrons. The Morgan fingerprint density at radius 1 is 0.878 bits per heavy atom. The van der Waals surface area contributed by atoms with E-state index in [4.69, 9.17) is 28.9 Å². The minimum atomic E-state index is -1.45. The van der Waals surface area contributed by atoms with Gasteiger partial charge < -0.3 is 38.9 Å². The zero-order chi connectivity index (χ0) is 51.7. The smallest absolute Gasteiger partial charge is 0.273 e. The lowest BCUT2D eigenvalue weighted by molar-refractivity contribution is -0.384. The minimum absolute atomic E-state index is 0.0109. The summed E-state index contributed by atoms with van der Waals surface area (Å²) >= 11 is 0. The first-order chi connectivity index (χ1) is 36.3. The Hall–Kier alpha value is -5.60. The largest absolute Gasteiger partial charge is 0.459 e. The molecule has 2 N–H and O–H groups in total. The lowest BCUT2D eigenvalue weighted by atomic mass is 9.55. The van der Waals surface area contributed by atoms with Crippen LogP contribution in [0.25, 0.3) is 10.8 Å². The Morgan fingerprint density at radius 2 is 1.62 bits per heavy atom. The highest BCUT2D eigenvalue weighted by atomic mass is 16.8. The number of rotatable bonds is 29. The van der Waals surface area contributed by atoms with Gasteiger partial charge in [0, 0.05) is 56.6 Å². The van der Waals surface area contributed by atoms with Gasteiger partial charge in [-0.2, -0.15) is 0 Å². The van der Waals surface area contributed by atoms with E-state index in [1.807, 2.05) is 35.2 Å². The highest BCUT2D eigenvalue weighted by molar-refractivity contribution is 6.03. The topological polar surface area (TPSA) is 162 Å². The number of hydrogen-bond acceptors (Lipinski definition) is 11. The van der Waals surface area contributed by atoms with E-state index >= 15 is 4.79 Å². The molecule has 4 aromatic carbocycles. The first kappa shape index (κ1) is 54.7. The zero-order valence-corrected chi connectivity index (χ0v) is 43.6. The third-order valence-corrected chi connectivity index (χ3v) is 15.7. The summed E-state index contributed by atoms with van der Waals surface area (Å²) in [6, 6.07) is 25.8. The maximum absolute atomic E-state index is 15.6. The number of aliphatic hydroxyl groups excluding tert-OH is 2. The molecule has 74 heavy (non-hydrogen) atoms. The molecule has 2 fully saturated rings. The number of unbranched alkanes of at least 4 members (excludes halogenated alkanes) is 10. The van der Waals surface area contributed by atoms with Crippen molar-refractivity contribution in [3.8, 4) is 17.2 Å². The summed E-state index contributed by atoms with van der Waals surface area (Å²) in [5.41, 5.74) is 3.48. The van der Waals surface area contributed by atoms with Crippen molar-refractivity contribution in [1.29, 1.82) is 0 Å². The van der Waals surface area contributed by atoms with Crippen LogP contribution in [0.15, 0.2) is 114 Å². The Bertz CT molecular complexity index is 2530. The average molecular weight is 1010 g/mol. The van der Waals surface area contributed by atoms with Gasteiger partial charge in [-0.1, -0.05) is 137 Å². The maximum Gasteiger partial charge on any atom is 0.273 e. The van der Waals surface area contributed by atoms with Crippen LogP contribution >= 0.6 is 0 Å². The third-order valence-electron chi connectivity index (χ3n) is 15.7. The number of benzene rings is 4. The number of nitrogens with zero attached hydrogens (tertiary/aromatic N) is 3. The molecule has 4 aromatic rings. The minimum Gasteiger partial charge on any atom is -0.459 e. The molecule has 2 aliphatic heterocycles. The second kappa shape index (κ2) is 27.3. The van der Waals surface area contributed by atoms with Crippen LogP contribution in [0.3, 0.4) is 0 Å². The molecule has 7 atom stereocenters. The van der Waals surface area contributed by atoms with Crippen molar-refractivity contribution in [2.45, 2.75) is 166 Å². The molecule has 13 nitrogen and oxygen atoms in total. The maximum atomic E-state index is 15.6. The Labute approximate surface area is 438 Å². The van der Waals surface area contributed by atoms with E-state index in [1.165, 1.54) is 44.2 Å². The standard InChI is InChI=1S/C61H79N3O10/c1-3-5-6-7-8-9-10-11-12-31-57(67)63(43-46-26-21-25-44-23-13-14-29-50(44)46)56-42-54(62-74-58-32-17-20-38-70-58)52-39-45(24-15-18-35-65)51(30-16-19-36-66)59-53-41-49(72-48-28-22-27-47(40-48)64(68)69)33-34-55(53)73-61(56,60(52)59)71-37-4-2/h4,13-14,21-23,25-29,33-34,39-41,45,51,56,58-60,65-66H,2-3,5-12,15-20,24,30-32,35-38,42-43H2,1H3/t45-,51+,56-,58?,59+,60+,61+/m0/s1. The molecule has 1 amide bonds. The van der Waals surface area contributed by atoms with Crippen LogP contribution < -0.4 is 9.47 Å². The Morgan fingerprint density at radius 3 is 2.38 bits per heavy atom. The Balaban J connectivity index is 1.29. The lowest BCUT2D eigenvalue weighted by Gasteiger charge is -2.60. The van der Waals surface area contributed by atoms with Gasteiger partial charge in [-0.25, -0.2) is 0 Å². The number of carbonyl (C=O) groups is 1. The van der Waals surface area contributed by atoms with Crippen molar-refractivity contribution in [2.24, 2.45) is 22.9 Å². The van der Waals surface area contributed by atoms with Gasteiger partial charge in [0.05, 0.1) is 35.8 Å². The first-order valence-electron chi connectivity index (χ1n) is 27.8. The number of amides is 1. The number of carbonyl (C=O) groups excluding carboxylic acids is 1. The van der Waals surface area contributed by atoms with E-state index in [0.29, 0.717) is 61.8 Å². The van der Waals surface area contributed by atoms with Gasteiger partial charge >= 0.3 is 0 Å². The molecule has 2 heterocycles. The van der Waals surface area contributed by atoms with Crippen LogP contribution in [0.2, 0.25) is 0 Å². The molecule has 2 aliphatic carbocycles. The molecule has 0 bridgehead atoms. The molecular weight excluding hydrogens is 935 g/mol. The fourth-order valence-electron chi connectivity index (χ4n) is 12.1. The predicted octanol–water partition coefficient (Wildman–Crippen LogP) is 13.7. The number of oxime groups is 1. The summed E-state index contributed by atoms with van der Waals surface area (Å²) in [4.78, 5) is 35.4. The van der Waals surface area contributed by atoms with Crippen molar-refractivity contribution in [3.05, 3.63) is 130 Å². The van der Waals surface area contributed by atoms with Gasteiger partial charge in [-0.3, -0.25) is 14.9 Å². The zero-order valence-electron chi connectivity index (χ0n) is 43.6. The number of fused-ring (bicyclic) bond motifs is 3. The van der Waals surface area contributed by atoms with Gasteiger partial charge in [-0.05, 0) is 103 Å². The van der Waals surface area contributed by atoms with Crippen molar-refractivity contribution in [3.63, 3.8) is 0 Å². The quantitative estimate of drug-likeness (QED) is 0.0232. The summed E-state index contributed by atoms with van der Waals surface area (Å²) in [6.45, 7) is 7.55. The molecule has 0 aromatic heterocycles. The third kappa shape index (κ3) is 13.3. The van der Waals surface area contributed by atoms with E-state index in [-0.39, 0.29) is 55.6 Å². The molecule has 4 aliphatic rings. The van der Waals surface area contributed by atoms with Crippen LogP contribution in [-0.4, -0.2) is 76.2 Å². The van der Waals surface area contributed by atoms with Gasteiger partial charge in [0.25, 0.3) is 5.69 Å². The molecule has 13 heteroatoms. The van der Waals surface area contributed by atoms with Gasteiger partial charge in [0.2, 0.25) is 18.0 Å². The van der Waals surface area contributed by atoms with E-state index in [2.05, 4.69) is 49.9 Å². The van der Waals surface area contributed by atoms with Crippen molar-refractivity contribution >= 4 is 28.1 Å². The highest BCUT2D eigenvalue weighted by Crippen LogP contribution is 2.62. The van der Waals surface area contributed by atoms with E-state index in [9.17, 15) is 20.3 Å². The monoisotopic (exact) mass is 1010 g/mol. The predicted molar refractivity (Wildman–Crippen MR) is 289 cm³/mol. The summed E-state index contributed by atoms with van der Waals surface area (Å²) < 4.78 is 27.5. The number of nitro benzene ring substituents is 1. The fourth-order valence-corrected chi connectivity index (χ4v) is 12.1. The molecule has 1 saturated carbocycles. The number of nitro groups is 1. The number of ether oxygens (including phenoxy) is 4. The summed E-state index contributed by atoms with van der Waals surface area (Å²) in [5.74, 6) is -0.837. The molecular formula is C61H79N3O10.